The van der Waals surface area contributed by atoms with Gasteiger partial charge in [-0.2, -0.15) is 4.98 Å². The van der Waals surface area contributed by atoms with Crippen LogP contribution in [0, 0.1) is 5.82 Å². The first kappa shape index (κ1) is 20.7. The molecule has 0 spiro atoms. The molecule has 1 heterocycles. The van der Waals surface area contributed by atoms with E-state index in [4.69, 9.17) is 21.1 Å². The smallest absolute Gasteiger partial charge is 0.316 e. The minimum atomic E-state index is -0.505. The zero-order valence-electron chi connectivity index (χ0n) is 16.3. The van der Waals surface area contributed by atoms with Gasteiger partial charge in [-0.15, -0.1) is 0 Å². The van der Waals surface area contributed by atoms with Crippen molar-refractivity contribution < 1.29 is 13.9 Å². The van der Waals surface area contributed by atoms with Crippen molar-refractivity contribution in [1.82, 2.24) is 9.55 Å². The molecule has 0 unspecified atom stereocenters. The van der Waals surface area contributed by atoms with Gasteiger partial charge in [0.15, 0.2) is 0 Å². The van der Waals surface area contributed by atoms with E-state index in [1.807, 2.05) is 25.1 Å². The molecule has 1 N–H and O–H groups in total. The van der Waals surface area contributed by atoms with Crippen LogP contribution in [-0.2, 0) is 13.0 Å². The highest BCUT2D eigenvalue weighted by Gasteiger charge is 2.13. The fourth-order valence-electron chi connectivity index (χ4n) is 2.96. The topological polar surface area (TPSA) is 65.4 Å². The Morgan fingerprint density at radius 1 is 1.17 bits per heavy atom. The Hall–Kier alpha value is -3.06. The van der Waals surface area contributed by atoms with Gasteiger partial charge in [-0.05, 0) is 53.9 Å². The number of benzene rings is 2. The quantitative estimate of drug-likeness (QED) is 0.617. The minimum absolute atomic E-state index is 0.0866. The van der Waals surface area contributed by atoms with Crippen LogP contribution in [-0.4, -0.2) is 23.8 Å². The molecular weight excluding hydrogens is 397 g/mol. The molecule has 0 saturated carbocycles. The summed E-state index contributed by atoms with van der Waals surface area (Å²) >= 11 is 5.97. The van der Waals surface area contributed by atoms with Crippen molar-refractivity contribution in [3.63, 3.8) is 0 Å². The first-order chi connectivity index (χ1) is 13.9. The molecule has 0 aliphatic carbocycles. The van der Waals surface area contributed by atoms with Gasteiger partial charge in [0.05, 0.1) is 27.0 Å². The van der Waals surface area contributed by atoms with Gasteiger partial charge in [-0.3, -0.25) is 4.79 Å². The van der Waals surface area contributed by atoms with Crippen LogP contribution in [0.2, 0.25) is 5.02 Å². The lowest BCUT2D eigenvalue weighted by Crippen LogP contribution is -2.19. The van der Waals surface area contributed by atoms with Gasteiger partial charge in [0.1, 0.15) is 11.6 Å². The van der Waals surface area contributed by atoms with Gasteiger partial charge < -0.3 is 19.4 Å². The van der Waals surface area contributed by atoms with Gasteiger partial charge in [-0.25, -0.2) is 4.39 Å². The molecule has 2 aromatic carbocycles. The molecule has 0 amide bonds. The van der Waals surface area contributed by atoms with Crippen molar-refractivity contribution in [2.45, 2.75) is 19.9 Å². The highest BCUT2D eigenvalue weighted by atomic mass is 35.5. The monoisotopic (exact) mass is 417 g/mol. The highest BCUT2D eigenvalue weighted by molar-refractivity contribution is 6.30. The number of methoxy groups -OCH3 is 2. The lowest BCUT2D eigenvalue weighted by Gasteiger charge is -2.17. The van der Waals surface area contributed by atoms with E-state index < -0.39 is 11.4 Å². The van der Waals surface area contributed by atoms with Crippen molar-refractivity contribution in [2.75, 3.05) is 19.5 Å². The molecule has 0 bridgehead atoms. The van der Waals surface area contributed by atoms with E-state index in [9.17, 15) is 9.18 Å². The Bertz CT molecular complexity index is 1070. The summed E-state index contributed by atoms with van der Waals surface area (Å²) in [5, 5.41) is 3.49. The summed E-state index contributed by atoms with van der Waals surface area (Å²) in [6, 6.07) is 9.87. The van der Waals surface area contributed by atoms with Crippen molar-refractivity contribution in [2.24, 2.45) is 0 Å². The number of rotatable bonds is 7. The standard InChI is InChI=1S/C21H21ClFN3O3/c1-4-14-9-17(28-2)5-6-18(14)24-21-25-20(27)19(29-3)12-26(21)11-13-7-15(22)10-16(23)8-13/h5-10,12H,4,11H2,1-3H3,(H,24,25,27). The summed E-state index contributed by atoms with van der Waals surface area (Å²) < 4.78 is 25.8. The van der Waals surface area contributed by atoms with Crippen molar-refractivity contribution in [3.8, 4) is 11.5 Å². The Morgan fingerprint density at radius 2 is 1.97 bits per heavy atom. The van der Waals surface area contributed by atoms with Crippen LogP contribution in [0.4, 0.5) is 16.0 Å². The number of halogens is 2. The Labute approximate surface area is 172 Å². The normalized spacial score (nSPS) is 10.7. The minimum Gasteiger partial charge on any atom is -0.497 e. The number of nitrogens with zero attached hydrogens (tertiary/aromatic N) is 2. The molecule has 29 heavy (non-hydrogen) atoms. The molecule has 0 aliphatic rings. The number of aryl methyl sites for hydroxylation is 1. The predicted molar refractivity (Wildman–Crippen MR) is 111 cm³/mol. The second-order valence-electron chi connectivity index (χ2n) is 6.35. The third kappa shape index (κ3) is 4.86. The molecular formula is C21H21ClFN3O3. The molecule has 0 aliphatic heterocycles. The van der Waals surface area contributed by atoms with E-state index >= 15 is 0 Å². The SMILES string of the molecule is CCc1cc(OC)ccc1Nc1nc(=O)c(OC)cn1Cc1cc(F)cc(Cl)c1. The Kier molecular flexibility index (Phi) is 6.39. The lowest BCUT2D eigenvalue weighted by atomic mass is 10.1. The average molecular weight is 418 g/mol. The molecule has 0 radical (unpaired) electrons. The van der Waals surface area contributed by atoms with Crippen molar-refractivity contribution >= 4 is 23.2 Å². The fourth-order valence-corrected chi connectivity index (χ4v) is 3.21. The average Bonchev–Trinajstić information content (AvgIpc) is 2.69. The summed E-state index contributed by atoms with van der Waals surface area (Å²) in [7, 11) is 3.00. The maximum Gasteiger partial charge on any atom is 0.316 e. The van der Waals surface area contributed by atoms with E-state index in [2.05, 4.69) is 10.3 Å². The van der Waals surface area contributed by atoms with Gasteiger partial charge >= 0.3 is 5.56 Å². The van der Waals surface area contributed by atoms with E-state index in [0.29, 0.717) is 16.5 Å². The fraction of sp³-hybridized carbons (Fsp3) is 0.238. The lowest BCUT2D eigenvalue weighted by molar-refractivity contribution is 0.402. The third-order valence-corrected chi connectivity index (χ3v) is 4.62. The predicted octanol–water partition coefficient (Wildman–Crippen LogP) is 4.41. The van der Waals surface area contributed by atoms with E-state index in [0.717, 1.165) is 23.4 Å². The summed E-state index contributed by atoms with van der Waals surface area (Å²) in [4.78, 5) is 16.4. The summed E-state index contributed by atoms with van der Waals surface area (Å²) in [6.07, 6.45) is 2.28. The van der Waals surface area contributed by atoms with Crippen LogP contribution in [0.15, 0.2) is 47.4 Å². The maximum atomic E-state index is 13.7. The largest absolute Gasteiger partial charge is 0.497 e. The van der Waals surface area contributed by atoms with Crippen LogP contribution in [0.5, 0.6) is 11.5 Å². The first-order valence-electron chi connectivity index (χ1n) is 8.98. The molecule has 1 aromatic heterocycles. The number of ether oxygens (including phenoxy) is 2. The van der Waals surface area contributed by atoms with Gasteiger partial charge in [-0.1, -0.05) is 18.5 Å². The molecule has 8 heteroatoms. The molecule has 3 aromatic rings. The highest BCUT2D eigenvalue weighted by Crippen LogP contribution is 2.26. The number of aromatic nitrogens is 2. The van der Waals surface area contributed by atoms with E-state index in [1.165, 1.54) is 25.4 Å². The third-order valence-electron chi connectivity index (χ3n) is 4.40. The number of nitrogens with one attached hydrogen (secondary N) is 1. The van der Waals surface area contributed by atoms with Crippen LogP contribution in [0.1, 0.15) is 18.1 Å². The second-order valence-corrected chi connectivity index (χ2v) is 6.78. The van der Waals surface area contributed by atoms with Crippen LogP contribution < -0.4 is 20.3 Å². The number of hydrogen-bond donors (Lipinski definition) is 1. The van der Waals surface area contributed by atoms with Crippen LogP contribution in [0.3, 0.4) is 0 Å². The van der Waals surface area contributed by atoms with Crippen molar-refractivity contribution in [3.05, 3.63) is 74.9 Å². The molecule has 0 saturated heterocycles. The van der Waals surface area contributed by atoms with E-state index in [-0.39, 0.29) is 12.3 Å². The molecule has 3 rings (SSSR count). The Morgan fingerprint density at radius 3 is 2.62 bits per heavy atom. The first-order valence-corrected chi connectivity index (χ1v) is 9.35. The van der Waals surface area contributed by atoms with Crippen LogP contribution >= 0.6 is 11.6 Å². The summed E-state index contributed by atoms with van der Waals surface area (Å²) in [5.41, 5.74) is 1.90. The molecule has 152 valence electrons. The zero-order valence-corrected chi connectivity index (χ0v) is 17.1. The molecule has 0 fully saturated rings. The van der Waals surface area contributed by atoms with Crippen LogP contribution in [0.25, 0.3) is 0 Å². The number of hydrogen-bond acceptors (Lipinski definition) is 5. The van der Waals surface area contributed by atoms with Gasteiger partial charge in [0, 0.05) is 10.7 Å². The van der Waals surface area contributed by atoms with Gasteiger partial charge in [0.25, 0.3) is 0 Å². The second kappa shape index (κ2) is 8.96. The zero-order chi connectivity index (χ0) is 21.0. The number of anilines is 2. The van der Waals surface area contributed by atoms with E-state index in [1.54, 1.807) is 17.7 Å². The molecule has 0 atom stereocenters. The molecule has 6 nitrogen and oxygen atoms in total. The summed E-state index contributed by atoms with van der Waals surface area (Å²) in [5.74, 6) is 0.688. The van der Waals surface area contributed by atoms with Crippen molar-refractivity contribution in [1.29, 1.82) is 0 Å². The summed E-state index contributed by atoms with van der Waals surface area (Å²) in [6.45, 7) is 2.25. The van der Waals surface area contributed by atoms with Gasteiger partial charge in [0.2, 0.25) is 11.7 Å². The maximum absolute atomic E-state index is 13.7. The Balaban J connectivity index is 2.04.